The molecule has 0 bridgehead atoms. The first-order valence-corrected chi connectivity index (χ1v) is 5.25. The van der Waals surface area contributed by atoms with Crippen molar-refractivity contribution in [2.45, 2.75) is 10.5 Å². The van der Waals surface area contributed by atoms with E-state index in [0.717, 1.165) is 11.5 Å². The summed E-state index contributed by atoms with van der Waals surface area (Å²) in [5.41, 5.74) is 0. The van der Waals surface area contributed by atoms with Gasteiger partial charge in [-0.25, -0.2) is 0 Å². The number of rotatable bonds is 3. The second-order valence-electron chi connectivity index (χ2n) is 2.92. The second-order valence-corrected chi connectivity index (χ2v) is 4.03. The standard InChI is InChI=1S/C10H10O2S2/c13-9(7-3-1-5-11-7)10(14)8-4-2-6-12-8/h1-6,9-10,13-14H. The lowest BCUT2D eigenvalue weighted by atomic mass is 10.2. The van der Waals surface area contributed by atoms with Crippen molar-refractivity contribution in [2.24, 2.45) is 0 Å². The largest absolute Gasteiger partial charge is 0.468 e. The molecular formula is C10H10O2S2. The average Bonchev–Trinajstić information content (AvgIpc) is 2.87. The van der Waals surface area contributed by atoms with Crippen molar-refractivity contribution in [3.8, 4) is 0 Å². The van der Waals surface area contributed by atoms with E-state index in [0.29, 0.717) is 0 Å². The molecular weight excluding hydrogens is 216 g/mol. The van der Waals surface area contributed by atoms with Crippen molar-refractivity contribution in [1.82, 2.24) is 0 Å². The Hall–Kier alpha value is -0.740. The highest BCUT2D eigenvalue weighted by Gasteiger charge is 2.22. The Morgan fingerprint density at radius 3 is 1.57 bits per heavy atom. The predicted molar refractivity (Wildman–Crippen MR) is 60.9 cm³/mol. The third-order valence-electron chi connectivity index (χ3n) is 1.97. The molecule has 0 N–H and O–H groups in total. The minimum Gasteiger partial charge on any atom is -0.468 e. The molecule has 0 aliphatic heterocycles. The van der Waals surface area contributed by atoms with Gasteiger partial charge >= 0.3 is 0 Å². The van der Waals surface area contributed by atoms with Crippen LogP contribution >= 0.6 is 25.3 Å². The molecule has 2 rings (SSSR count). The third-order valence-corrected chi connectivity index (χ3v) is 3.31. The van der Waals surface area contributed by atoms with Gasteiger partial charge in [0.05, 0.1) is 23.0 Å². The molecule has 0 radical (unpaired) electrons. The van der Waals surface area contributed by atoms with Gasteiger partial charge in [-0.1, -0.05) is 0 Å². The zero-order valence-electron chi connectivity index (χ0n) is 7.33. The lowest BCUT2D eigenvalue weighted by molar-refractivity contribution is 0.469. The molecule has 2 aromatic rings. The second kappa shape index (κ2) is 4.19. The summed E-state index contributed by atoms with van der Waals surface area (Å²) in [6.07, 6.45) is 3.25. The molecule has 74 valence electrons. The van der Waals surface area contributed by atoms with Crippen LogP contribution in [-0.2, 0) is 0 Å². The van der Waals surface area contributed by atoms with Crippen LogP contribution in [0, 0.1) is 0 Å². The van der Waals surface area contributed by atoms with Gasteiger partial charge in [-0.2, -0.15) is 25.3 Å². The fourth-order valence-corrected chi connectivity index (χ4v) is 1.82. The Morgan fingerprint density at radius 2 is 1.29 bits per heavy atom. The minimum absolute atomic E-state index is 0.0977. The molecule has 0 saturated heterocycles. The van der Waals surface area contributed by atoms with E-state index in [4.69, 9.17) is 8.83 Å². The summed E-state index contributed by atoms with van der Waals surface area (Å²) in [6, 6.07) is 7.43. The maximum Gasteiger partial charge on any atom is 0.118 e. The lowest BCUT2D eigenvalue weighted by Crippen LogP contribution is -1.97. The number of thiol groups is 2. The Balaban J connectivity index is 2.16. The summed E-state index contributed by atoms with van der Waals surface area (Å²) < 4.78 is 10.5. The van der Waals surface area contributed by atoms with Gasteiger partial charge in [0.1, 0.15) is 11.5 Å². The quantitative estimate of drug-likeness (QED) is 0.783. The summed E-state index contributed by atoms with van der Waals surface area (Å²) >= 11 is 8.87. The highest BCUT2D eigenvalue weighted by Crippen LogP contribution is 2.38. The van der Waals surface area contributed by atoms with Gasteiger partial charge in [0, 0.05) is 0 Å². The lowest BCUT2D eigenvalue weighted by Gasteiger charge is -2.13. The Labute approximate surface area is 93.1 Å². The number of hydrogen-bond acceptors (Lipinski definition) is 4. The molecule has 2 aromatic heterocycles. The van der Waals surface area contributed by atoms with Crippen LogP contribution in [0.3, 0.4) is 0 Å². The molecule has 0 amide bonds. The Bertz CT molecular complexity index is 328. The SMILES string of the molecule is SC(c1ccco1)C(S)c1ccco1. The van der Waals surface area contributed by atoms with Crippen molar-refractivity contribution < 1.29 is 8.83 Å². The van der Waals surface area contributed by atoms with E-state index in [1.165, 1.54) is 0 Å². The molecule has 2 atom stereocenters. The highest BCUT2D eigenvalue weighted by atomic mass is 32.1. The summed E-state index contributed by atoms with van der Waals surface area (Å²) in [5.74, 6) is 1.59. The summed E-state index contributed by atoms with van der Waals surface area (Å²) in [4.78, 5) is 0. The molecule has 0 aliphatic carbocycles. The normalized spacial score (nSPS) is 15.3. The first-order chi connectivity index (χ1) is 6.79. The summed E-state index contributed by atoms with van der Waals surface area (Å²) in [6.45, 7) is 0. The fraction of sp³-hybridized carbons (Fsp3) is 0.200. The third kappa shape index (κ3) is 1.86. The molecule has 2 heterocycles. The van der Waals surface area contributed by atoms with Crippen molar-refractivity contribution in [3.63, 3.8) is 0 Å². The summed E-state index contributed by atoms with van der Waals surface area (Å²) in [5, 5.41) is -0.195. The van der Waals surface area contributed by atoms with E-state index in [9.17, 15) is 0 Å². The fourth-order valence-electron chi connectivity index (χ4n) is 1.23. The number of furan rings is 2. The molecule has 0 spiro atoms. The van der Waals surface area contributed by atoms with Gasteiger partial charge in [-0.05, 0) is 24.3 Å². The predicted octanol–water partition coefficient (Wildman–Crippen LogP) is 3.51. The Kier molecular flexibility index (Phi) is 2.93. The van der Waals surface area contributed by atoms with E-state index in [1.807, 2.05) is 24.3 Å². The molecule has 0 aromatic carbocycles. The minimum atomic E-state index is -0.0977. The van der Waals surface area contributed by atoms with Crippen LogP contribution in [0.25, 0.3) is 0 Å². The van der Waals surface area contributed by atoms with Gasteiger partial charge in [0.25, 0.3) is 0 Å². The molecule has 14 heavy (non-hydrogen) atoms. The van der Waals surface area contributed by atoms with Gasteiger partial charge in [-0.3, -0.25) is 0 Å². The van der Waals surface area contributed by atoms with Crippen molar-refractivity contribution >= 4 is 25.3 Å². The molecule has 2 nitrogen and oxygen atoms in total. The van der Waals surface area contributed by atoms with E-state index in [2.05, 4.69) is 25.3 Å². The van der Waals surface area contributed by atoms with Crippen LogP contribution in [0.15, 0.2) is 45.6 Å². The first kappa shape index (κ1) is 9.80. The molecule has 0 saturated carbocycles. The van der Waals surface area contributed by atoms with Crippen LogP contribution in [0.4, 0.5) is 0 Å². The van der Waals surface area contributed by atoms with Crippen LogP contribution in [0.5, 0.6) is 0 Å². The summed E-state index contributed by atoms with van der Waals surface area (Å²) in [7, 11) is 0. The van der Waals surface area contributed by atoms with E-state index in [1.54, 1.807) is 12.5 Å². The zero-order valence-corrected chi connectivity index (χ0v) is 9.12. The van der Waals surface area contributed by atoms with Crippen molar-refractivity contribution in [2.75, 3.05) is 0 Å². The van der Waals surface area contributed by atoms with Crippen molar-refractivity contribution in [1.29, 1.82) is 0 Å². The maximum absolute atomic E-state index is 5.25. The van der Waals surface area contributed by atoms with Crippen LogP contribution in [0.1, 0.15) is 22.0 Å². The molecule has 0 aliphatic rings. The van der Waals surface area contributed by atoms with Gasteiger partial charge in [0.2, 0.25) is 0 Å². The Morgan fingerprint density at radius 1 is 0.857 bits per heavy atom. The van der Waals surface area contributed by atoms with E-state index >= 15 is 0 Å². The molecule has 4 heteroatoms. The smallest absolute Gasteiger partial charge is 0.118 e. The van der Waals surface area contributed by atoms with Gasteiger partial charge < -0.3 is 8.83 Å². The van der Waals surface area contributed by atoms with E-state index in [-0.39, 0.29) is 10.5 Å². The highest BCUT2D eigenvalue weighted by molar-refractivity contribution is 7.84. The average molecular weight is 226 g/mol. The zero-order chi connectivity index (χ0) is 9.97. The molecule has 0 fully saturated rings. The topological polar surface area (TPSA) is 26.3 Å². The van der Waals surface area contributed by atoms with Crippen LogP contribution in [0.2, 0.25) is 0 Å². The molecule has 2 unspecified atom stereocenters. The van der Waals surface area contributed by atoms with Crippen LogP contribution in [-0.4, -0.2) is 0 Å². The monoisotopic (exact) mass is 226 g/mol. The first-order valence-electron chi connectivity index (χ1n) is 4.22. The van der Waals surface area contributed by atoms with Crippen molar-refractivity contribution in [3.05, 3.63) is 48.3 Å². The van der Waals surface area contributed by atoms with E-state index < -0.39 is 0 Å². The van der Waals surface area contributed by atoms with Gasteiger partial charge in [0.15, 0.2) is 0 Å². The maximum atomic E-state index is 5.25. The number of hydrogen-bond donors (Lipinski definition) is 2. The van der Waals surface area contributed by atoms with Crippen LogP contribution < -0.4 is 0 Å². The van der Waals surface area contributed by atoms with Gasteiger partial charge in [-0.15, -0.1) is 0 Å².